The van der Waals surface area contributed by atoms with Crippen LogP contribution in [0.5, 0.6) is 0 Å². The van der Waals surface area contributed by atoms with E-state index < -0.39 is 0 Å². The maximum absolute atomic E-state index is 11.9. The van der Waals surface area contributed by atoms with Crippen LogP contribution in [0, 0.1) is 0 Å². The summed E-state index contributed by atoms with van der Waals surface area (Å²) < 4.78 is 5.17. The zero-order valence-electron chi connectivity index (χ0n) is 18.8. The third-order valence-electron chi connectivity index (χ3n) is 5.67. The average Bonchev–Trinajstić information content (AvgIpc) is 2.71. The lowest BCUT2D eigenvalue weighted by Gasteiger charge is -2.16. The molecule has 0 fully saturated rings. The van der Waals surface area contributed by atoms with E-state index in [-0.39, 0.29) is 17.9 Å². The second-order valence-corrected chi connectivity index (χ2v) is 8.50. The van der Waals surface area contributed by atoms with Crippen molar-refractivity contribution in [2.75, 3.05) is 0 Å². The largest absolute Gasteiger partial charge is 0.459 e. The van der Waals surface area contributed by atoms with Crippen molar-refractivity contribution in [1.29, 1.82) is 0 Å². The first-order valence-electron chi connectivity index (χ1n) is 12.3. The molecule has 0 spiro atoms. The van der Waals surface area contributed by atoms with Crippen LogP contribution in [0.4, 0.5) is 0 Å². The predicted molar refractivity (Wildman–Crippen MR) is 122 cm³/mol. The predicted octanol–water partition coefficient (Wildman–Crippen LogP) is 7.64. The van der Waals surface area contributed by atoms with Gasteiger partial charge in [0.2, 0.25) is 0 Å². The van der Waals surface area contributed by atoms with Gasteiger partial charge in [-0.1, -0.05) is 109 Å². The maximum atomic E-state index is 11.9. The lowest BCUT2D eigenvalue weighted by atomic mass is 10.0. The van der Waals surface area contributed by atoms with Gasteiger partial charge in [0.15, 0.2) is 5.78 Å². The number of hydrogen-bond donors (Lipinski definition) is 0. The summed E-state index contributed by atoms with van der Waals surface area (Å²) in [6, 6.07) is 0. The smallest absolute Gasteiger partial charge is 0.330 e. The molecule has 1 aliphatic rings. The molecular weight excluding hydrogens is 360 g/mol. The monoisotopic (exact) mass is 404 g/mol. The first kappa shape index (κ1) is 25.7. The molecule has 3 heteroatoms. The van der Waals surface area contributed by atoms with Crippen molar-refractivity contribution in [2.45, 2.75) is 129 Å². The van der Waals surface area contributed by atoms with Crippen molar-refractivity contribution in [3.05, 3.63) is 24.3 Å². The van der Waals surface area contributed by atoms with Crippen LogP contribution < -0.4 is 0 Å². The van der Waals surface area contributed by atoms with Crippen LogP contribution in [0.25, 0.3) is 0 Å². The minimum atomic E-state index is -0.279. The van der Waals surface area contributed by atoms with E-state index in [9.17, 15) is 9.59 Å². The van der Waals surface area contributed by atoms with Gasteiger partial charge in [0.1, 0.15) is 6.10 Å². The minimum Gasteiger partial charge on any atom is -0.459 e. The van der Waals surface area contributed by atoms with E-state index >= 15 is 0 Å². The van der Waals surface area contributed by atoms with Gasteiger partial charge < -0.3 is 4.74 Å². The fraction of sp³-hybridized carbons (Fsp3) is 0.769. The van der Waals surface area contributed by atoms with E-state index in [0.29, 0.717) is 12.8 Å². The molecule has 1 atom stereocenters. The number of rotatable bonds is 19. The van der Waals surface area contributed by atoms with Crippen molar-refractivity contribution in [3.63, 3.8) is 0 Å². The van der Waals surface area contributed by atoms with Crippen LogP contribution >= 0.6 is 0 Å². The van der Waals surface area contributed by atoms with E-state index in [1.807, 2.05) is 12.2 Å². The number of carbonyl (C=O) groups is 2. The van der Waals surface area contributed by atoms with Crippen molar-refractivity contribution in [2.24, 2.45) is 0 Å². The summed E-state index contributed by atoms with van der Waals surface area (Å²) in [6.07, 6.45) is 28.8. The fourth-order valence-electron chi connectivity index (χ4n) is 3.82. The molecule has 0 radical (unpaired) electrons. The quantitative estimate of drug-likeness (QED) is 0.126. The third-order valence-corrected chi connectivity index (χ3v) is 5.67. The van der Waals surface area contributed by atoms with Gasteiger partial charge >= 0.3 is 5.97 Å². The highest BCUT2D eigenvalue weighted by molar-refractivity contribution is 5.89. The first-order valence-corrected chi connectivity index (χ1v) is 12.3. The minimum absolute atomic E-state index is 0.109. The molecule has 0 aliphatic carbocycles. The molecule has 1 rings (SSSR count). The molecule has 1 heterocycles. The van der Waals surface area contributed by atoms with E-state index in [2.05, 4.69) is 6.92 Å². The van der Waals surface area contributed by atoms with Crippen LogP contribution in [-0.4, -0.2) is 17.9 Å². The molecule has 0 aromatic carbocycles. The number of ketones is 1. The van der Waals surface area contributed by atoms with E-state index in [1.54, 1.807) is 6.08 Å². The normalized spacial score (nSPS) is 16.4. The molecule has 29 heavy (non-hydrogen) atoms. The lowest BCUT2D eigenvalue weighted by molar-refractivity contribution is -0.143. The Kier molecular flexibility index (Phi) is 16.5. The Morgan fingerprint density at radius 3 is 1.93 bits per heavy atom. The van der Waals surface area contributed by atoms with Gasteiger partial charge in [-0.25, -0.2) is 4.79 Å². The number of allylic oxidation sites excluding steroid dienone is 1. The Hall–Kier alpha value is -1.38. The van der Waals surface area contributed by atoms with Gasteiger partial charge in [0.25, 0.3) is 0 Å². The number of cyclic esters (lactones) is 1. The van der Waals surface area contributed by atoms with Gasteiger partial charge in [-0.05, 0) is 12.5 Å². The molecular formula is C26H44O3. The molecule has 0 aromatic rings. The van der Waals surface area contributed by atoms with Crippen LogP contribution in [0.3, 0.4) is 0 Å². The van der Waals surface area contributed by atoms with E-state index in [1.165, 1.54) is 89.5 Å². The fourth-order valence-corrected chi connectivity index (χ4v) is 3.82. The van der Waals surface area contributed by atoms with Gasteiger partial charge in [-0.15, -0.1) is 0 Å². The van der Waals surface area contributed by atoms with Gasteiger partial charge in [-0.2, -0.15) is 0 Å². The Labute approximate surface area is 179 Å². The SMILES string of the molecule is CCCCCCCCCCCCCCCCCC(=O)/C=C/C[C@H]1CC=CC(=O)O1. The number of unbranched alkanes of at least 4 members (excludes halogenated alkanes) is 14. The van der Waals surface area contributed by atoms with Gasteiger partial charge in [0, 0.05) is 25.3 Å². The zero-order chi connectivity index (χ0) is 21.0. The second kappa shape index (κ2) is 18.6. The molecule has 0 saturated carbocycles. The summed E-state index contributed by atoms with van der Waals surface area (Å²) in [7, 11) is 0. The Morgan fingerprint density at radius 2 is 1.41 bits per heavy atom. The highest BCUT2D eigenvalue weighted by Gasteiger charge is 2.14. The van der Waals surface area contributed by atoms with Gasteiger partial charge in [-0.3, -0.25) is 4.79 Å². The van der Waals surface area contributed by atoms with Crippen LogP contribution in [-0.2, 0) is 14.3 Å². The second-order valence-electron chi connectivity index (χ2n) is 8.50. The Morgan fingerprint density at radius 1 is 0.897 bits per heavy atom. The average molecular weight is 405 g/mol. The van der Waals surface area contributed by atoms with Crippen molar-refractivity contribution >= 4 is 11.8 Å². The topological polar surface area (TPSA) is 43.4 Å². The Bertz CT molecular complexity index is 478. The zero-order valence-corrected chi connectivity index (χ0v) is 18.8. The van der Waals surface area contributed by atoms with Crippen molar-refractivity contribution in [3.8, 4) is 0 Å². The molecule has 0 amide bonds. The van der Waals surface area contributed by atoms with E-state index in [0.717, 1.165) is 19.3 Å². The number of carbonyl (C=O) groups excluding carboxylic acids is 2. The molecule has 0 saturated heterocycles. The number of esters is 1. The lowest BCUT2D eigenvalue weighted by Crippen LogP contribution is -2.18. The summed E-state index contributed by atoms with van der Waals surface area (Å²) >= 11 is 0. The maximum Gasteiger partial charge on any atom is 0.330 e. The molecule has 0 N–H and O–H groups in total. The summed E-state index contributed by atoms with van der Waals surface area (Å²) in [5.41, 5.74) is 0. The van der Waals surface area contributed by atoms with E-state index in [4.69, 9.17) is 4.74 Å². The highest BCUT2D eigenvalue weighted by Crippen LogP contribution is 2.14. The first-order chi connectivity index (χ1) is 14.2. The summed E-state index contributed by atoms with van der Waals surface area (Å²) in [5, 5.41) is 0. The number of hydrogen-bond acceptors (Lipinski definition) is 3. The standard InChI is InChI=1S/C26H44O3/c1-2-3-4-5-6-7-8-9-10-11-12-13-14-15-16-19-24(27)20-17-21-25-22-18-23-26(28)29-25/h17-18,20,23,25H,2-16,19,21-22H2,1H3/b20-17+/t25-/m0/s1. The van der Waals surface area contributed by atoms with Crippen molar-refractivity contribution < 1.29 is 14.3 Å². The van der Waals surface area contributed by atoms with Crippen LogP contribution in [0.2, 0.25) is 0 Å². The third kappa shape index (κ3) is 16.1. The molecule has 0 bridgehead atoms. The summed E-state index contributed by atoms with van der Waals surface area (Å²) in [6.45, 7) is 2.27. The Balaban J connectivity index is 1.81. The van der Waals surface area contributed by atoms with Crippen LogP contribution in [0.15, 0.2) is 24.3 Å². The molecule has 1 aliphatic heterocycles. The number of ether oxygens (including phenoxy) is 1. The highest BCUT2D eigenvalue weighted by atomic mass is 16.5. The molecule has 0 aromatic heterocycles. The van der Waals surface area contributed by atoms with Crippen molar-refractivity contribution in [1.82, 2.24) is 0 Å². The van der Waals surface area contributed by atoms with Gasteiger partial charge in [0.05, 0.1) is 0 Å². The van der Waals surface area contributed by atoms with Crippen LogP contribution in [0.1, 0.15) is 122 Å². The molecule has 3 nitrogen and oxygen atoms in total. The summed E-state index contributed by atoms with van der Waals surface area (Å²) in [4.78, 5) is 23.0. The molecule has 0 unspecified atom stereocenters. The summed E-state index contributed by atoms with van der Waals surface area (Å²) in [5.74, 6) is -0.0869. The molecule has 166 valence electrons.